The molecule has 0 saturated carbocycles. The molecule has 1 atom stereocenters. The van der Waals surface area contributed by atoms with Gasteiger partial charge in [-0.15, -0.1) is 0 Å². The number of hydrogen-bond donors (Lipinski definition) is 2. The van der Waals surface area contributed by atoms with Crippen molar-refractivity contribution in [2.75, 3.05) is 13.7 Å². The molecular formula is C15H16O5. The highest BCUT2D eigenvalue weighted by Gasteiger charge is 2.15. The van der Waals surface area contributed by atoms with Crippen molar-refractivity contribution in [2.24, 2.45) is 0 Å². The lowest BCUT2D eigenvalue weighted by molar-refractivity contribution is 0.0442. The van der Waals surface area contributed by atoms with Gasteiger partial charge in [0, 0.05) is 11.5 Å². The molecule has 0 bridgehead atoms. The fourth-order valence-electron chi connectivity index (χ4n) is 1.79. The van der Waals surface area contributed by atoms with Crippen LogP contribution >= 0.6 is 0 Å². The van der Waals surface area contributed by atoms with Crippen LogP contribution in [0.5, 0.6) is 5.75 Å². The molecule has 0 amide bonds. The first-order chi connectivity index (χ1) is 9.46. The van der Waals surface area contributed by atoms with Gasteiger partial charge in [0.05, 0.1) is 19.3 Å². The highest BCUT2D eigenvalue weighted by atomic mass is 16.5. The summed E-state index contributed by atoms with van der Waals surface area (Å²) in [5.41, 5.74) is -0.907. The zero-order valence-electron chi connectivity index (χ0n) is 11.3. The Bertz CT molecular complexity index is 697. The van der Waals surface area contributed by atoms with Crippen LogP contribution < -0.4 is 10.4 Å². The number of benzene rings is 1. The van der Waals surface area contributed by atoms with E-state index >= 15 is 0 Å². The van der Waals surface area contributed by atoms with Gasteiger partial charge in [0.1, 0.15) is 16.9 Å². The third kappa shape index (κ3) is 2.89. The van der Waals surface area contributed by atoms with E-state index in [1.165, 1.54) is 26.2 Å². The second-order valence-electron chi connectivity index (χ2n) is 4.70. The van der Waals surface area contributed by atoms with Crippen LogP contribution in [0.4, 0.5) is 0 Å². The molecule has 2 rings (SSSR count). The molecule has 20 heavy (non-hydrogen) atoms. The number of aliphatic hydroxyl groups excluding tert-OH is 1. The summed E-state index contributed by atoms with van der Waals surface area (Å²) in [6.07, 6.45) is 3.00. The van der Waals surface area contributed by atoms with E-state index in [1.54, 1.807) is 24.3 Å². The minimum Gasteiger partial charge on any atom is -0.496 e. The number of hydrogen-bond acceptors (Lipinski definition) is 5. The second-order valence-corrected chi connectivity index (χ2v) is 4.70. The van der Waals surface area contributed by atoms with Crippen LogP contribution in [0.2, 0.25) is 0 Å². The lowest BCUT2D eigenvalue weighted by Crippen LogP contribution is -2.25. The van der Waals surface area contributed by atoms with E-state index in [0.717, 1.165) is 5.39 Å². The molecule has 0 saturated heterocycles. The van der Waals surface area contributed by atoms with Crippen LogP contribution in [0.1, 0.15) is 12.5 Å². The molecule has 0 radical (unpaired) electrons. The summed E-state index contributed by atoms with van der Waals surface area (Å²) in [6.45, 7) is 1.05. The first kappa shape index (κ1) is 14.3. The van der Waals surface area contributed by atoms with Crippen molar-refractivity contribution >= 4 is 17.0 Å². The van der Waals surface area contributed by atoms with Crippen molar-refractivity contribution in [1.82, 2.24) is 0 Å². The average Bonchev–Trinajstić information content (AvgIpc) is 2.44. The summed E-state index contributed by atoms with van der Waals surface area (Å²) >= 11 is 0. The van der Waals surface area contributed by atoms with Crippen LogP contribution in [0.25, 0.3) is 17.0 Å². The molecule has 0 aliphatic heterocycles. The Morgan fingerprint density at radius 1 is 1.35 bits per heavy atom. The van der Waals surface area contributed by atoms with Crippen LogP contribution in [0.15, 0.2) is 39.6 Å². The molecule has 0 aliphatic rings. The fourth-order valence-corrected chi connectivity index (χ4v) is 1.79. The van der Waals surface area contributed by atoms with Gasteiger partial charge in [-0.3, -0.25) is 0 Å². The van der Waals surface area contributed by atoms with E-state index < -0.39 is 17.8 Å². The van der Waals surface area contributed by atoms with Crippen LogP contribution in [-0.4, -0.2) is 29.5 Å². The number of fused-ring (bicyclic) bond motifs is 1. The normalized spacial score (nSPS) is 14.6. The molecular weight excluding hydrogens is 260 g/mol. The summed E-state index contributed by atoms with van der Waals surface area (Å²) in [5.74, 6) is 0.511. The number of rotatable bonds is 4. The maximum absolute atomic E-state index is 11.4. The zero-order chi connectivity index (χ0) is 14.8. The van der Waals surface area contributed by atoms with Gasteiger partial charge < -0.3 is 19.4 Å². The molecule has 0 spiro atoms. The summed E-state index contributed by atoms with van der Waals surface area (Å²) in [6, 6.07) is 6.52. The van der Waals surface area contributed by atoms with Crippen LogP contribution in [0, 0.1) is 0 Å². The summed E-state index contributed by atoms with van der Waals surface area (Å²) in [5, 5.41) is 19.6. The lowest BCUT2D eigenvalue weighted by Gasteiger charge is -2.15. The monoisotopic (exact) mass is 276 g/mol. The maximum atomic E-state index is 11.4. The van der Waals surface area contributed by atoms with Gasteiger partial charge in [0.2, 0.25) is 0 Å². The second kappa shape index (κ2) is 5.48. The summed E-state index contributed by atoms with van der Waals surface area (Å²) in [7, 11) is 1.50. The van der Waals surface area contributed by atoms with E-state index in [0.29, 0.717) is 16.9 Å². The number of ether oxygens (including phenoxy) is 1. The van der Waals surface area contributed by atoms with Gasteiger partial charge in [0.15, 0.2) is 0 Å². The maximum Gasteiger partial charge on any atom is 0.336 e. The molecule has 1 aromatic heterocycles. The molecule has 2 N–H and O–H groups in total. The third-order valence-corrected chi connectivity index (χ3v) is 2.94. The van der Waals surface area contributed by atoms with E-state index in [1.807, 2.05) is 0 Å². The minimum absolute atomic E-state index is 0.377. The highest BCUT2D eigenvalue weighted by Crippen LogP contribution is 2.29. The van der Waals surface area contributed by atoms with Crippen molar-refractivity contribution in [2.45, 2.75) is 12.5 Å². The standard InChI is InChI=1S/C15H16O5/c1-15(18,9-16)8-7-11-12(19-2)5-3-10-4-6-13(17)20-14(10)11/h3-8,16,18H,9H2,1-2H3. The Hall–Kier alpha value is -2.11. The summed E-state index contributed by atoms with van der Waals surface area (Å²) < 4.78 is 10.4. The SMILES string of the molecule is COc1ccc2ccc(=O)oc2c1C=CC(C)(O)CO. The minimum atomic E-state index is -1.36. The predicted molar refractivity (Wildman–Crippen MR) is 75.8 cm³/mol. The highest BCUT2D eigenvalue weighted by molar-refractivity contribution is 5.88. The Labute approximate surface area is 115 Å². The first-order valence-electron chi connectivity index (χ1n) is 6.10. The number of aliphatic hydroxyl groups is 2. The molecule has 5 nitrogen and oxygen atoms in total. The van der Waals surface area contributed by atoms with Crippen molar-refractivity contribution in [1.29, 1.82) is 0 Å². The van der Waals surface area contributed by atoms with Crippen molar-refractivity contribution < 1.29 is 19.4 Å². The topological polar surface area (TPSA) is 79.9 Å². The largest absolute Gasteiger partial charge is 0.496 e. The van der Waals surface area contributed by atoms with E-state index in [9.17, 15) is 9.90 Å². The van der Waals surface area contributed by atoms with Crippen LogP contribution in [0.3, 0.4) is 0 Å². The third-order valence-electron chi connectivity index (χ3n) is 2.94. The zero-order valence-corrected chi connectivity index (χ0v) is 11.3. The smallest absolute Gasteiger partial charge is 0.336 e. The lowest BCUT2D eigenvalue weighted by atomic mass is 10.0. The molecule has 1 unspecified atom stereocenters. The molecule has 1 heterocycles. The predicted octanol–water partition coefficient (Wildman–Crippen LogP) is 1.56. The molecule has 1 aromatic carbocycles. The Morgan fingerprint density at radius 2 is 2.05 bits per heavy atom. The van der Waals surface area contributed by atoms with Gasteiger partial charge in [-0.1, -0.05) is 6.08 Å². The van der Waals surface area contributed by atoms with Crippen molar-refractivity contribution in [3.8, 4) is 5.75 Å². The molecule has 2 aromatic rings. The Morgan fingerprint density at radius 3 is 2.70 bits per heavy atom. The Kier molecular flexibility index (Phi) is 3.92. The van der Waals surface area contributed by atoms with Gasteiger partial charge in [-0.25, -0.2) is 4.79 Å². The summed E-state index contributed by atoms with van der Waals surface area (Å²) in [4.78, 5) is 11.4. The first-order valence-corrected chi connectivity index (χ1v) is 6.10. The molecule has 5 heteroatoms. The van der Waals surface area contributed by atoms with Crippen LogP contribution in [-0.2, 0) is 0 Å². The molecule has 0 aliphatic carbocycles. The quantitative estimate of drug-likeness (QED) is 0.828. The number of methoxy groups -OCH3 is 1. The van der Waals surface area contributed by atoms with E-state index in [2.05, 4.69) is 0 Å². The molecule has 0 fully saturated rings. The van der Waals surface area contributed by atoms with Crippen molar-refractivity contribution in [3.05, 3.63) is 46.3 Å². The van der Waals surface area contributed by atoms with E-state index in [-0.39, 0.29) is 0 Å². The van der Waals surface area contributed by atoms with Gasteiger partial charge >= 0.3 is 5.63 Å². The van der Waals surface area contributed by atoms with Gasteiger partial charge in [-0.2, -0.15) is 0 Å². The fraction of sp³-hybridized carbons (Fsp3) is 0.267. The van der Waals surface area contributed by atoms with Crippen molar-refractivity contribution in [3.63, 3.8) is 0 Å². The Balaban J connectivity index is 2.65. The van der Waals surface area contributed by atoms with E-state index in [4.69, 9.17) is 14.3 Å². The average molecular weight is 276 g/mol. The van der Waals surface area contributed by atoms with Gasteiger partial charge in [0.25, 0.3) is 0 Å². The molecule has 106 valence electrons. The van der Waals surface area contributed by atoms with Gasteiger partial charge in [-0.05, 0) is 31.2 Å².